The number of halogens is 5. The van der Waals surface area contributed by atoms with Gasteiger partial charge in [-0.05, 0) is 93.7 Å². The van der Waals surface area contributed by atoms with Crippen molar-refractivity contribution in [2.75, 3.05) is 19.6 Å². The Labute approximate surface area is 190 Å². The van der Waals surface area contributed by atoms with Gasteiger partial charge in [-0.3, -0.25) is 4.79 Å². The molecule has 0 saturated carbocycles. The van der Waals surface area contributed by atoms with Crippen molar-refractivity contribution in [2.45, 2.75) is 44.4 Å². The normalized spacial score (nSPS) is 17.8. The third-order valence-electron chi connectivity index (χ3n) is 6.28. The Hall–Kier alpha value is -1.96. The minimum Gasteiger partial charge on any atom is -0.385 e. The molecule has 32 heavy (non-hydrogen) atoms. The number of alkyl halides is 3. The lowest BCUT2D eigenvalue weighted by Gasteiger charge is -2.40. The topological polar surface area (TPSA) is 40.5 Å². The second kappa shape index (κ2) is 9.89. The molecule has 1 atom stereocenters. The molecule has 1 unspecified atom stereocenters. The van der Waals surface area contributed by atoms with Gasteiger partial charge in [0, 0.05) is 12.0 Å². The van der Waals surface area contributed by atoms with E-state index in [9.17, 15) is 27.5 Å². The number of nitrogens with zero attached hydrogens (tertiary/aromatic N) is 1. The Kier molecular flexibility index (Phi) is 7.63. The minimum absolute atomic E-state index is 0.0361. The number of Topliss-reactive ketones (excluding diaryl/α,β-unsaturated/α-hetero) is 1. The fraction of sp³-hybridized carbons (Fsp3) is 0.458. The van der Waals surface area contributed by atoms with Gasteiger partial charge in [0.15, 0.2) is 5.78 Å². The van der Waals surface area contributed by atoms with E-state index in [1.165, 1.54) is 36.4 Å². The van der Waals surface area contributed by atoms with E-state index in [0.29, 0.717) is 50.9 Å². The molecule has 1 aliphatic rings. The van der Waals surface area contributed by atoms with Gasteiger partial charge in [0.05, 0.1) is 16.2 Å². The average molecular weight is 472 g/mol. The van der Waals surface area contributed by atoms with Crippen LogP contribution in [0.3, 0.4) is 0 Å². The number of benzene rings is 2. The molecule has 1 aliphatic heterocycles. The minimum atomic E-state index is -4.59. The van der Waals surface area contributed by atoms with Gasteiger partial charge in [0.2, 0.25) is 0 Å². The zero-order chi connectivity index (χ0) is 23.5. The van der Waals surface area contributed by atoms with Crippen molar-refractivity contribution >= 4 is 17.4 Å². The van der Waals surface area contributed by atoms with Crippen LogP contribution in [-0.4, -0.2) is 35.4 Å². The van der Waals surface area contributed by atoms with E-state index in [4.69, 9.17) is 11.6 Å². The maximum absolute atomic E-state index is 13.2. The molecule has 1 N–H and O–H groups in total. The largest absolute Gasteiger partial charge is 0.417 e. The maximum Gasteiger partial charge on any atom is 0.417 e. The van der Waals surface area contributed by atoms with Crippen molar-refractivity contribution in [1.29, 1.82) is 0 Å². The Morgan fingerprint density at radius 2 is 1.75 bits per heavy atom. The highest BCUT2D eigenvalue weighted by Gasteiger charge is 2.39. The molecule has 0 amide bonds. The zero-order valence-electron chi connectivity index (χ0n) is 17.8. The number of piperidine rings is 1. The lowest BCUT2D eigenvalue weighted by atomic mass is 9.77. The first-order valence-corrected chi connectivity index (χ1v) is 11.0. The molecule has 0 spiro atoms. The molecule has 1 heterocycles. The van der Waals surface area contributed by atoms with Gasteiger partial charge in [-0.15, -0.1) is 0 Å². The van der Waals surface area contributed by atoms with Crippen LogP contribution in [0, 0.1) is 11.7 Å². The van der Waals surface area contributed by atoms with E-state index >= 15 is 0 Å². The number of likely N-dealkylation sites (tertiary alicyclic amines) is 1. The van der Waals surface area contributed by atoms with Crippen molar-refractivity contribution in [3.8, 4) is 0 Å². The number of carbonyl (C=O) groups is 1. The molecule has 0 aromatic heterocycles. The third kappa shape index (κ3) is 5.88. The Morgan fingerprint density at radius 3 is 2.34 bits per heavy atom. The van der Waals surface area contributed by atoms with Crippen molar-refractivity contribution in [2.24, 2.45) is 5.92 Å². The smallest absolute Gasteiger partial charge is 0.385 e. The van der Waals surface area contributed by atoms with Gasteiger partial charge in [0.1, 0.15) is 5.82 Å². The number of ketones is 1. The Balaban J connectivity index is 1.52. The molecule has 0 aliphatic carbocycles. The van der Waals surface area contributed by atoms with Gasteiger partial charge < -0.3 is 10.0 Å². The van der Waals surface area contributed by atoms with Gasteiger partial charge >= 0.3 is 6.18 Å². The van der Waals surface area contributed by atoms with E-state index in [1.54, 1.807) is 6.92 Å². The SMILES string of the molecule is CC(O)(c1ccc(Cl)c(C(F)(F)F)c1)C1CCN(CCCC(=O)c2ccc(F)cc2)CC1. The highest BCUT2D eigenvalue weighted by Crippen LogP contribution is 2.41. The van der Waals surface area contributed by atoms with Gasteiger partial charge in [0.25, 0.3) is 0 Å². The molecule has 3 nitrogen and oxygen atoms in total. The molecule has 1 saturated heterocycles. The third-order valence-corrected chi connectivity index (χ3v) is 6.61. The molecular weight excluding hydrogens is 446 g/mol. The summed E-state index contributed by atoms with van der Waals surface area (Å²) in [5.41, 5.74) is -1.66. The molecule has 8 heteroatoms. The average Bonchev–Trinajstić information content (AvgIpc) is 2.74. The Bertz CT molecular complexity index is 936. The summed E-state index contributed by atoms with van der Waals surface area (Å²) in [6.45, 7) is 3.63. The molecule has 174 valence electrons. The summed E-state index contributed by atoms with van der Waals surface area (Å²) in [5.74, 6) is -0.610. The van der Waals surface area contributed by atoms with E-state index in [2.05, 4.69) is 4.90 Å². The number of hydrogen-bond donors (Lipinski definition) is 1. The van der Waals surface area contributed by atoms with Crippen LogP contribution < -0.4 is 0 Å². The van der Waals surface area contributed by atoms with Gasteiger partial charge in [-0.2, -0.15) is 13.2 Å². The predicted molar refractivity (Wildman–Crippen MR) is 115 cm³/mol. The van der Waals surface area contributed by atoms with Crippen molar-refractivity contribution in [3.05, 3.63) is 70.0 Å². The number of hydrogen-bond acceptors (Lipinski definition) is 3. The number of aliphatic hydroxyl groups is 1. The first-order chi connectivity index (χ1) is 15.0. The van der Waals surface area contributed by atoms with Crippen LogP contribution in [0.1, 0.15) is 54.1 Å². The lowest BCUT2D eigenvalue weighted by molar-refractivity contribution is -0.137. The second-order valence-corrected chi connectivity index (χ2v) is 8.90. The van der Waals surface area contributed by atoms with E-state index in [1.807, 2.05) is 0 Å². The van der Waals surface area contributed by atoms with Crippen LogP contribution in [0.2, 0.25) is 5.02 Å². The van der Waals surface area contributed by atoms with Crippen LogP contribution in [0.5, 0.6) is 0 Å². The molecule has 2 aromatic carbocycles. The van der Waals surface area contributed by atoms with E-state index < -0.39 is 17.3 Å². The zero-order valence-corrected chi connectivity index (χ0v) is 18.5. The molecule has 1 fully saturated rings. The summed E-state index contributed by atoms with van der Waals surface area (Å²) in [5, 5.41) is 10.7. The van der Waals surface area contributed by atoms with Crippen LogP contribution in [0.4, 0.5) is 17.6 Å². The van der Waals surface area contributed by atoms with Crippen LogP contribution in [0.15, 0.2) is 42.5 Å². The summed E-state index contributed by atoms with van der Waals surface area (Å²) in [4.78, 5) is 14.4. The summed E-state index contributed by atoms with van der Waals surface area (Å²) >= 11 is 5.70. The molecule has 0 radical (unpaired) electrons. The summed E-state index contributed by atoms with van der Waals surface area (Å²) in [7, 11) is 0. The lowest BCUT2D eigenvalue weighted by Crippen LogP contribution is -2.42. The van der Waals surface area contributed by atoms with E-state index in [-0.39, 0.29) is 28.1 Å². The quantitative estimate of drug-likeness (QED) is 0.393. The molecular formula is C24H26ClF4NO2. The highest BCUT2D eigenvalue weighted by atomic mass is 35.5. The summed E-state index contributed by atoms with van der Waals surface area (Å²) < 4.78 is 52.6. The van der Waals surface area contributed by atoms with Gasteiger partial charge in [-0.1, -0.05) is 17.7 Å². The first kappa shape index (κ1) is 24.7. The fourth-order valence-corrected chi connectivity index (χ4v) is 4.48. The van der Waals surface area contributed by atoms with Crippen molar-refractivity contribution in [3.63, 3.8) is 0 Å². The maximum atomic E-state index is 13.2. The first-order valence-electron chi connectivity index (χ1n) is 10.6. The summed E-state index contributed by atoms with van der Waals surface area (Å²) in [6.07, 6.45) is -2.32. The predicted octanol–water partition coefficient (Wildman–Crippen LogP) is 6.08. The standard InChI is InChI=1S/C24H26ClF4NO2/c1-23(32,18-6-9-21(25)20(15-18)24(27,28)29)17-10-13-30(14-11-17)12-2-3-22(31)16-4-7-19(26)8-5-16/h4-9,15,17,32H,2-3,10-14H2,1H3. The Morgan fingerprint density at radius 1 is 1.12 bits per heavy atom. The van der Waals surface area contributed by atoms with Gasteiger partial charge in [-0.25, -0.2) is 4.39 Å². The van der Waals surface area contributed by atoms with E-state index in [0.717, 1.165) is 6.07 Å². The monoisotopic (exact) mass is 471 g/mol. The van der Waals surface area contributed by atoms with Crippen LogP contribution >= 0.6 is 11.6 Å². The number of rotatable bonds is 7. The summed E-state index contributed by atoms with van der Waals surface area (Å²) in [6, 6.07) is 9.06. The highest BCUT2D eigenvalue weighted by molar-refractivity contribution is 6.31. The van der Waals surface area contributed by atoms with Crippen molar-refractivity contribution in [1.82, 2.24) is 4.90 Å². The van der Waals surface area contributed by atoms with Crippen LogP contribution in [0.25, 0.3) is 0 Å². The molecule has 2 aromatic rings. The molecule has 0 bridgehead atoms. The van der Waals surface area contributed by atoms with Crippen molar-refractivity contribution < 1.29 is 27.5 Å². The van der Waals surface area contributed by atoms with Crippen LogP contribution in [-0.2, 0) is 11.8 Å². The molecule has 3 rings (SSSR count). The second-order valence-electron chi connectivity index (χ2n) is 8.49. The fourth-order valence-electron chi connectivity index (χ4n) is 4.26. The number of carbonyl (C=O) groups excluding carboxylic acids is 1.